The van der Waals surface area contributed by atoms with Crippen LogP contribution in [-0.2, 0) is 6.54 Å². The summed E-state index contributed by atoms with van der Waals surface area (Å²) < 4.78 is 16.8. The van der Waals surface area contributed by atoms with E-state index < -0.39 is 11.5 Å². The summed E-state index contributed by atoms with van der Waals surface area (Å²) in [7, 11) is 0. The Morgan fingerprint density at radius 2 is 1.71 bits per heavy atom. The number of thiophene rings is 1. The van der Waals surface area contributed by atoms with Crippen LogP contribution in [0.25, 0.3) is 15.9 Å². The van der Waals surface area contributed by atoms with Crippen LogP contribution < -0.4 is 11.2 Å². The number of hydrogen-bond acceptors (Lipinski definition) is 3. The Labute approximate surface area is 169 Å². The zero-order chi connectivity index (χ0) is 20.0. The molecule has 4 rings (SSSR count). The molecule has 0 amide bonds. The molecule has 4 nitrogen and oxygen atoms in total. The number of halogens is 2. The van der Waals surface area contributed by atoms with E-state index >= 15 is 0 Å². The molecular formula is C21H16ClFN2O2S. The SMILES string of the molecule is Cc1sc2c(c1C)c(=O)n(-c1ccc(Cl)cc1)c(=O)n2Cc1ccccc1F. The number of aromatic nitrogens is 2. The largest absolute Gasteiger partial charge is 0.337 e. The fourth-order valence-corrected chi connectivity index (χ4v) is 4.48. The van der Waals surface area contributed by atoms with Crippen LogP contribution in [0, 0.1) is 19.7 Å². The summed E-state index contributed by atoms with van der Waals surface area (Å²) in [6.07, 6.45) is 0. The van der Waals surface area contributed by atoms with E-state index in [0.29, 0.717) is 26.5 Å². The molecule has 0 saturated heterocycles. The van der Waals surface area contributed by atoms with Gasteiger partial charge in [-0.05, 0) is 49.7 Å². The first-order valence-corrected chi connectivity index (χ1v) is 9.83. The van der Waals surface area contributed by atoms with Crippen LogP contribution in [0.5, 0.6) is 0 Å². The van der Waals surface area contributed by atoms with Crippen LogP contribution in [0.4, 0.5) is 4.39 Å². The summed E-state index contributed by atoms with van der Waals surface area (Å²) in [4.78, 5) is 28.0. The number of aryl methyl sites for hydroxylation is 2. The summed E-state index contributed by atoms with van der Waals surface area (Å²) in [6, 6.07) is 12.8. The molecule has 0 aliphatic rings. The van der Waals surface area contributed by atoms with Crippen molar-refractivity contribution in [3.05, 3.63) is 96.2 Å². The smallest absolute Gasteiger partial charge is 0.279 e. The van der Waals surface area contributed by atoms with Crippen LogP contribution in [-0.4, -0.2) is 9.13 Å². The average Bonchev–Trinajstić information content (AvgIpc) is 2.97. The van der Waals surface area contributed by atoms with Gasteiger partial charge in [0.15, 0.2) is 0 Å². The summed E-state index contributed by atoms with van der Waals surface area (Å²) in [6.45, 7) is 3.80. The Morgan fingerprint density at radius 3 is 2.39 bits per heavy atom. The number of hydrogen-bond donors (Lipinski definition) is 0. The third-order valence-corrected chi connectivity index (χ3v) is 6.30. The van der Waals surface area contributed by atoms with Gasteiger partial charge in [-0.15, -0.1) is 11.3 Å². The lowest BCUT2D eigenvalue weighted by atomic mass is 10.2. The molecule has 0 saturated carbocycles. The number of nitrogens with zero attached hydrogens (tertiary/aromatic N) is 2. The highest BCUT2D eigenvalue weighted by atomic mass is 35.5. The Bertz CT molecular complexity index is 1320. The van der Waals surface area contributed by atoms with Crippen molar-refractivity contribution in [3.8, 4) is 5.69 Å². The normalized spacial score (nSPS) is 11.3. The minimum Gasteiger partial charge on any atom is -0.279 e. The molecule has 4 aromatic rings. The lowest BCUT2D eigenvalue weighted by molar-refractivity contribution is 0.595. The Balaban J connectivity index is 2.07. The first-order chi connectivity index (χ1) is 13.4. The van der Waals surface area contributed by atoms with E-state index in [0.717, 1.165) is 15.0 Å². The van der Waals surface area contributed by atoms with Crippen molar-refractivity contribution in [2.24, 2.45) is 0 Å². The zero-order valence-electron chi connectivity index (χ0n) is 15.2. The summed E-state index contributed by atoms with van der Waals surface area (Å²) in [5.74, 6) is -0.392. The third-order valence-electron chi connectivity index (χ3n) is 4.82. The third kappa shape index (κ3) is 2.99. The van der Waals surface area contributed by atoms with E-state index in [-0.39, 0.29) is 12.1 Å². The van der Waals surface area contributed by atoms with E-state index in [1.807, 2.05) is 13.8 Å². The minimum atomic E-state index is -0.510. The standard InChI is InChI=1S/C21H16ClFN2O2S/c1-12-13(2)28-20-18(12)19(26)25(16-9-7-15(22)8-10-16)21(27)24(20)11-14-5-3-4-6-17(14)23/h3-10H,11H2,1-2H3. The molecule has 0 unspecified atom stereocenters. The van der Waals surface area contributed by atoms with Gasteiger partial charge in [0.1, 0.15) is 10.6 Å². The van der Waals surface area contributed by atoms with Gasteiger partial charge < -0.3 is 0 Å². The minimum absolute atomic E-state index is 0.0370. The van der Waals surface area contributed by atoms with Gasteiger partial charge in [-0.25, -0.2) is 13.8 Å². The molecule has 0 aliphatic heterocycles. The monoisotopic (exact) mass is 414 g/mol. The van der Waals surface area contributed by atoms with Crippen molar-refractivity contribution in [3.63, 3.8) is 0 Å². The second-order valence-electron chi connectivity index (χ2n) is 6.54. The predicted octanol–water partition coefficient (Wildman–Crippen LogP) is 4.67. The van der Waals surface area contributed by atoms with Crippen molar-refractivity contribution in [2.75, 3.05) is 0 Å². The zero-order valence-corrected chi connectivity index (χ0v) is 16.8. The second-order valence-corrected chi connectivity index (χ2v) is 8.18. The van der Waals surface area contributed by atoms with E-state index in [4.69, 9.17) is 11.6 Å². The molecule has 0 atom stereocenters. The molecule has 0 radical (unpaired) electrons. The van der Waals surface area contributed by atoms with Crippen LogP contribution >= 0.6 is 22.9 Å². The van der Waals surface area contributed by atoms with Crippen LogP contribution in [0.15, 0.2) is 58.1 Å². The van der Waals surface area contributed by atoms with Gasteiger partial charge in [-0.1, -0.05) is 29.8 Å². The average molecular weight is 415 g/mol. The fourth-order valence-electron chi connectivity index (χ4n) is 3.21. The Kier molecular flexibility index (Phi) is 4.69. The lowest BCUT2D eigenvalue weighted by Gasteiger charge is -2.13. The van der Waals surface area contributed by atoms with Crippen LogP contribution in [0.2, 0.25) is 5.02 Å². The highest BCUT2D eigenvalue weighted by Crippen LogP contribution is 2.28. The van der Waals surface area contributed by atoms with E-state index in [2.05, 4.69) is 0 Å². The summed E-state index contributed by atoms with van der Waals surface area (Å²) in [5.41, 5.74) is 0.746. The molecule has 2 aromatic heterocycles. The quantitative estimate of drug-likeness (QED) is 0.489. The topological polar surface area (TPSA) is 44.0 Å². The maximum Gasteiger partial charge on any atom is 0.337 e. The molecule has 0 bridgehead atoms. The van der Waals surface area contributed by atoms with Crippen LogP contribution in [0.1, 0.15) is 16.0 Å². The van der Waals surface area contributed by atoms with Gasteiger partial charge in [0, 0.05) is 15.5 Å². The second kappa shape index (κ2) is 7.04. The highest BCUT2D eigenvalue weighted by Gasteiger charge is 2.20. The van der Waals surface area contributed by atoms with E-state index in [1.165, 1.54) is 22.0 Å². The molecular weight excluding hydrogens is 399 g/mol. The van der Waals surface area contributed by atoms with Gasteiger partial charge in [0.25, 0.3) is 5.56 Å². The van der Waals surface area contributed by atoms with Crippen LogP contribution in [0.3, 0.4) is 0 Å². The molecule has 7 heteroatoms. The first-order valence-electron chi connectivity index (χ1n) is 8.63. The number of rotatable bonds is 3. The van der Waals surface area contributed by atoms with Crippen molar-refractivity contribution in [1.82, 2.24) is 9.13 Å². The van der Waals surface area contributed by atoms with Gasteiger partial charge in [0.2, 0.25) is 0 Å². The molecule has 28 heavy (non-hydrogen) atoms. The Hall–Kier alpha value is -2.70. The van der Waals surface area contributed by atoms with E-state index in [9.17, 15) is 14.0 Å². The maximum absolute atomic E-state index is 14.2. The van der Waals surface area contributed by atoms with Gasteiger partial charge in [-0.3, -0.25) is 9.36 Å². The number of fused-ring (bicyclic) bond motifs is 1. The fraction of sp³-hybridized carbons (Fsp3) is 0.143. The molecule has 0 aliphatic carbocycles. The van der Waals surface area contributed by atoms with Crippen molar-refractivity contribution in [1.29, 1.82) is 0 Å². The highest BCUT2D eigenvalue weighted by molar-refractivity contribution is 7.18. The van der Waals surface area contributed by atoms with Crippen molar-refractivity contribution < 1.29 is 4.39 Å². The molecule has 2 heterocycles. The van der Waals surface area contributed by atoms with Crippen molar-refractivity contribution >= 4 is 33.2 Å². The number of benzene rings is 2. The predicted molar refractivity (Wildman–Crippen MR) is 112 cm³/mol. The molecule has 0 N–H and O–H groups in total. The van der Waals surface area contributed by atoms with Crippen molar-refractivity contribution in [2.45, 2.75) is 20.4 Å². The van der Waals surface area contributed by atoms with Gasteiger partial charge >= 0.3 is 5.69 Å². The van der Waals surface area contributed by atoms with Gasteiger partial charge in [0.05, 0.1) is 17.6 Å². The first kappa shape index (κ1) is 18.7. The summed E-state index contributed by atoms with van der Waals surface area (Å²) in [5, 5.41) is 0.987. The van der Waals surface area contributed by atoms with E-state index in [1.54, 1.807) is 42.5 Å². The molecule has 2 aromatic carbocycles. The summed E-state index contributed by atoms with van der Waals surface area (Å²) >= 11 is 7.32. The molecule has 0 spiro atoms. The lowest BCUT2D eigenvalue weighted by Crippen LogP contribution is -2.39. The van der Waals surface area contributed by atoms with Gasteiger partial charge in [-0.2, -0.15) is 0 Å². The molecule has 142 valence electrons. The Morgan fingerprint density at radius 1 is 1.04 bits per heavy atom. The molecule has 0 fully saturated rings. The maximum atomic E-state index is 14.2.